The minimum atomic E-state index is -1.78. The van der Waals surface area contributed by atoms with Crippen LogP contribution in [-0.2, 0) is 23.7 Å². The van der Waals surface area contributed by atoms with Crippen LogP contribution in [0, 0.1) is 0 Å². The van der Waals surface area contributed by atoms with Crippen molar-refractivity contribution in [2.24, 2.45) is 0 Å². The zero-order valence-electron chi connectivity index (χ0n) is 55.1. The van der Waals surface area contributed by atoms with Crippen molar-refractivity contribution < 1.29 is 64.6 Å². The van der Waals surface area contributed by atoms with Crippen LogP contribution in [-0.4, -0.2) is 140 Å². The maximum Gasteiger partial charge on any atom is 0.220 e. The smallest absolute Gasteiger partial charge is 0.220 e. The highest BCUT2D eigenvalue weighted by atomic mass is 16.7. The van der Waals surface area contributed by atoms with Gasteiger partial charge in [0.15, 0.2) is 12.6 Å². The molecule has 0 aromatic carbocycles. The third kappa shape index (κ3) is 41.2. The fourth-order valence-electron chi connectivity index (χ4n) is 12.7. The van der Waals surface area contributed by atoms with Crippen molar-refractivity contribution >= 4 is 5.91 Å². The summed E-state index contributed by atoms with van der Waals surface area (Å²) in [6.45, 7) is 2.93. The number of rotatable bonds is 62. The average Bonchev–Trinajstić information content (AvgIpc) is 3.29. The number of amides is 1. The Kier molecular flexibility index (Phi) is 53.6. The lowest BCUT2D eigenvalue weighted by Crippen LogP contribution is -2.65. The van der Waals surface area contributed by atoms with Gasteiger partial charge in [-0.2, -0.15) is 0 Å². The molecular weight excluding hydrogens is 1070 g/mol. The first-order valence-corrected chi connectivity index (χ1v) is 36.8. The molecule has 0 bridgehead atoms. The molecular formula is C71H139NO13. The van der Waals surface area contributed by atoms with Crippen molar-refractivity contribution in [2.75, 3.05) is 19.8 Å². The molecule has 2 heterocycles. The van der Waals surface area contributed by atoms with E-state index in [2.05, 4.69) is 19.2 Å². The molecule has 0 spiro atoms. The van der Waals surface area contributed by atoms with E-state index in [1.54, 1.807) is 0 Å². The van der Waals surface area contributed by atoms with E-state index < -0.39 is 86.8 Å². The predicted octanol–water partition coefficient (Wildman–Crippen LogP) is 15.2. The van der Waals surface area contributed by atoms with Gasteiger partial charge in [0, 0.05) is 6.42 Å². The van der Waals surface area contributed by atoms with Crippen molar-refractivity contribution in [3.05, 3.63) is 0 Å². The summed E-state index contributed by atoms with van der Waals surface area (Å²) in [6, 6.07) is -0.824. The topological polar surface area (TPSA) is 228 Å². The summed E-state index contributed by atoms with van der Waals surface area (Å²) in [4.78, 5) is 13.4. The highest BCUT2D eigenvalue weighted by molar-refractivity contribution is 5.76. The van der Waals surface area contributed by atoms with E-state index in [-0.39, 0.29) is 12.5 Å². The van der Waals surface area contributed by atoms with E-state index in [1.807, 2.05) is 0 Å². The first-order chi connectivity index (χ1) is 41.6. The van der Waals surface area contributed by atoms with Gasteiger partial charge in [0.25, 0.3) is 0 Å². The minimum Gasteiger partial charge on any atom is -0.394 e. The van der Waals surface area contributed by atoms with Gasteiger partial charge in [-0.05, 0) is 12.8 Å². The van der Waals surface area contributed by atoms with Crippen molar-refractivity contribution in [2.45, 2.75) is 428 Å². The monoisotopic (exact) mass is 1210 g/mol. The second-order valence-electron chi connectivity index (χ2n) is 26.4. The molecule has 9 N–H and O–H groups in total. The second-order valence-corrected chi connectivity index (χ2v) is 26.4. The zero-order chi connectivity index (χ0) is 61.6. The van der Waals surface area contributed by atoms with Crippen LogP contribution in [0.1, 0.15) is 354 Å². The van der Waals surface area contributed by atoms with Crippen LogP contribution >= 0.6 is 0 Å². The molecule has 14 nitrogen and oxygen atoms in total. The van der Waals surface area contributed by atoms with Gasteiger partial charge in [-0.3, -0.25) is 4.79 Å². The van der Waals surface area contributed by atoms with E-state index in [4.69, 9.17) is 18.9 Å². The normalized spacial score (nSPS) is 23.4. The lowest BCUT2D eigenvalue weighted by atomic mass is 9.97. The summed E-state index contributed by atoms with van der Waals surface area (Å²) in [7, 11) is 0. The van der Waals surface area contributed by atoms with E-state index in [9.17, 15) is 45.6 Å². The molecule has 2 saturated heterocycles. The molecule has 85 heavy (non-hydrogen) atoms. The number of carbonyl (C=O) groups excluding carboxylic acids is 1. The standard InChI is InChI=1S/C71H139NO13/c1-3-5-7-9-11-13-15-17-19-21-23-24-25-26-27-28-29-30-31-32-33-34-35-37-39-41-43-45-47-49-51-53-55-63(76)72-59(60(75)54-52-50-48-46-44-42-40-38-36-22-20-18-16-14-12-10-8-6-4-2)58-82-70-68(81)66(79)69(62(57-74)84-70)85-71-67(80)65(78)64(77)61(56-73)83-71/h59-62,64-71,73-75,77-81H,3-58H2,1-2H3,(H,72,76). The van der Waals surface area contributed by atoms with Gasteiger partial charge in [-0.25, -0.2) is 0 Å². The number of carbonyl (C=O) groups is 1. The largest absolute Gasteiger partial charge is 0.394 e. The van der Waals surface area contributed by atoms with Crippen molar-refractivity contribution in [1.29, 1.82) is 0 Å². The van der Waals surface area contributed by atoms with E-state index >= 15 is 0 Å². The Labute approximate surface area is 521 Å². The van der Waals surface area contributed by atoms with Gasteiger partial charge in [-0.1, -0.05) is 335 Å². The maximum atomic E-state index is 13.4. The fourth-order valence-corrected chi connectivity index (χ4v) is 12.7. The van der Waals surface area contributed by atoms with Crippen LogP contribution in [0.3, 0.4) is 0 Å². The van der Waals surface area contributed by atoms with Crippen LogP contribution in [0.25, 0.3) is 0 Å². The summed E-state index contributed by atoms with van der Waals surface area (Å²) in [5, 5.41) is 87.6. The number of ether oxygens (including phenoxy) is 4. The molecule has 0 aromatic heterocycles. The molecule has 12 unspecified atom stereocenters. The van der Waals surface area contributed by atoms with Crippen LogP contribution in [0.5, 0.6) is 0 Å². The van der Waals surface area contributed by atoms with Gasteiger partial charge >= 0.3 is 0 Å². The number of aliphatic hydroxyl groups is 8. The zero-order valence-corrected chi connectivity index (χ0v) is 55.1. The molecule has 2 aliphatic rings. The summed E-state index contributed by atoms with van der Waals surface area (Å²) in [5.41, 5.74) is 0. The molecule has 1 amide bonds. The quantitative estimate of drug-likeness (QED) is 0.0259. The van der Waals surface area contributed by atoms with Gasteiger partial charge in [0.05, 0.1) is 32.0 Å². The van der Waals surface area contributed by atoms with Crippen molar-refractivity contribution in [3.8, 4) is 0 Å². The molecule has 0 aromatic rings. The second kappa shape index (κ2) is 56.9. The predicted molar refractivity (Wildman–Crippen MR) is 346 cm³/mol. The highest BCUT2D eigenvalue weighted by Gasteiger charge is 2.51. The lowest BCUT2D eigenvalue weighted by molar-refractivity contribution is -0.359. The molecule has 0 radical (unpaired) electrons. The Balaban J connectivity index is 1.61. The fraction of sp³-hybridized carbons (Fsp3) is 0.986. The number of unbranched alkanes of at least 4 members (excludes halogenated alkanes) is 49. The van der Waals surface area contributed by atoms with Gasteiger partial charge in [0.2, 0.25) is 5.91 Å². The van der Waals surface area contributed by atoms with Crippen LogP contribution in [0.2, 0.25) is 0 Å². The van der Waals surface area contributed by atoms with Crippen LogP contribution in [0.15, 0.2) is 0 Å². The van der Waals surface area contributed by atoms with Gasteiger partial charge in [-0.15, -0.1) is 0 Å². The SMILES string of the molecule is CCCCCCCCCCCCCCCCCCCCCCCCCCCCCCCCCCC(=O)NC(COC1OC(CO)C(OC2OC(CO)C(O)C(O)C2O)C(O)C1O)C(O)CCCCCCCCCCCCCCCCCCCCC. The average molecular weight is 1210 g/mol. The summed E-state index contributed by atoms with van der Waals surface area (Å²) in [5.74, 6) is -0.197. The van der Waals surface area contributed by atoms with E-state index in [0.717, 1.165) is 51.4 Å². The highest BCUT2D eigenvalue weighted by Crippen LogP contribution is 2.30. The van der Waals surface area contributed by atoms with Crippen molar-refractivity contribution in [1.82, 2.24) is 5.32 Å². The third-order valence-electron chi connectivity index (χ3n) is 18.6. The summed E-state index contributed by atoms with van der Waals surface area (Å²) in [6.07, 6.45) is 51.3. The maximum absolute atomic E-state index is 13.4. The Morgan fingerprint density at radius 2 is 0.671 bits per heavy atom. The third-order valence-corrected chi connectivity index (χ3v) is 18.6. The molecule has 0 aliphatic carbocycles. The van der Waals surface area contributed by atoms with Crippen LogP contribution < -0.4 is 5.32 Å². The first-order valence-electron chi connectivity index (χ1n) is 36.8. The Morgan fingerprint density at radius 3 is 1.00 bits per heavy atom. The summed E-state index contributed by atoms with van der Waals surface area (Å²) < 4.78 is 22.9. The Hall–Kier alpha value is -1.01. The molecule has 2 aliphatic heterocycles. The number of nitrogens with one attached hydrogen (secondary N) is 1. The first kappa shape index (κ1) is 80.1. The molecule has 0 saturated carbocycles. The molecule has 2 rings (SSSR count). The van der Waals surface area contributed by atoms with Crippen LogP contribution in [0.4, 0.5) is 0 Å². The molecule has 2 fully saturated rings. The summed E-state index contributed by atoms with van der Waals surface area (Å²) >= 11 is 0. The molecule has 12 atom stereocenters. The molecule has 506 valence electrons. The van der Waals surface area contributed by atoms with Crippen molar-refractivity contribution in [3.63, 3.8) is 0 Å². The number of hydrogen-bond donors (Lipinski definition) is 9. The Bertz CT molecular complexity index is 1430. The lowest BCUT2D eigenvalue weighted by Gasteiger charge is -2.46. The number of hydrogen-bond acceptors (Lipinski definition) is 13. The van der Waals surface area contributed by atoms with E-state index in [1.165, 1.54) is 276 Å². The van der Waals surface area contributed by atoms with E-state index in [0.29, 0.717) is 12.8 Å². The Morgan fingerprint density at radius 1 is 0.376 bits per heavy atom. The van der Waals surface area contributed by atoms with Gasteiger partial charge in [0.1, 0.15) is 48.8 Å². The molecule has 14 heteroatoms. The number of aliphatic hydroxyl groups excluding tert-OH is 8. The van der Waals surface area contributed by atoms with Gasteiger partial charge < -0.3 is 65.1 Å². The minimum absolute atomic E-state index is 0.197.